The minimum absolute atomic E-state index is 0.0138. The highest BCUT2D eigenvalue weighted by Gasteiger charge is 2.28. The van der Waals surface area contributed by atoms with E-state index in [9.17, 15) is 5.11 Å². The Morgan fingerprint density at radius 1 is 1.17 bits per heavy atom. The topological polar surface area (TPSA) is 66.3 Å². The van der Waals surface area contributed by atoms with Gasteiger partial charge >= 0.3 is 0 Å². The summed E-state index contributed by atoms with van der Waals surface area (Å²) in [4.78, 5) is 6.80. The second kappa shape index (κ2) is 9.54. The molecule has 0 saturated carbocycles. The van der Waals surface area contributed by atoms with E-state index in [-0.39, 0.29) is 5.75 Å². The Bertz CT molecular complexity index is 814. The summed E-state index contributed by atoms with van der Waals surface area (Å²) in [5.41, 5.74) is 2.37. The Balaban J connectivity index is 1.64. The molecule has 6 heteroatoms. The van der Waals surface area contributed by atoms with E-state index in [4.69, 9.17) is 9.47 Å². The van der Waals surface area contributed by atoms with Crippen LogP contribution in [0, 0.1) is 5.92 Å². The van der Waals surface area contributed by atoms with Gasteiger partial charge in [0.25, 0.3) is 0 Å². The number of ether oxygens (including phenoxy) is 2. The Kier molecular flexibility index (Phi) is 6.86. The van der Waals surface area contributed by atoms with Crippen molar-refractivity contribution in [3.05, 3.63) is 53.6 Å². The van der Waals surface area contributed by atoms with Crippen LogP contribution in [0.5, 0.6) is 17.2 Å². The zero-order valence-corrected chi connectivity index (χ0v) is 17.7. The number of benzene rings is 2. The van der Waals surface area contributed by atoms with E-state index in [0.29, 0.717) is 29.9 Å². The van der Waals surface area contributed by atoms with E-state index in [1.54, 1.807) is 0 Å². The van der Waals surface area contributed by atoms with Gasteiger partial charge in [0.15, 0.2) is 17.5 Å². The van der Waals surface area contributed by atoms with E-state index in [1.165, 1.54) is 19.8 Å². The largest absolute Gasteiger partial charge is 0.502 e. The first-order valence-corrected chi connectivity index (χ1v) is 10.0. The van der Waals surface area contributed by atoms with Crippen LogP contribution in [0.1, 0.15) is 30.4 Å². The van der Waals surface area contributed by atoms with Crippen LogP contribution in [0.25, 0.3) is 0 Å². The van der Waals surface area contributed by atoms with Crippen LogP contribution in [0.15, 0.2) is 47.5 Å². The van der Waals surface area contributed by atoms with Gasteiger partial charge in [-0.05, 0) is 41.5 Å². The monoisotopic (exact) mass is 397 g/mol. The van der Waals surface area contributed by atoms with Gasteiger partial charge in [-0.25, -0.2) is 0 Å². The van der Waals surface area contributed by atoms with Gasteiger partial charge in [0.05, 0.1) is 14.2 Å². The molecule has 29 heavy (non-hydrogen) atoms. The summed E-state index contributed by atoms with van der Waals surface area (Å²) in [5.74, 6) is 2.81. The lowest BCUT2D eigenvalue weighted by Gasteiger charge is -2.39. The number of nitrogens with zero attached hydrogens (tertiary/aromatic N) is 2. The number of likely N-dealkylation sites (tertiary alicyclic amines) is 1. The van der Waals surface area contributed by atoms with E-state index in [0.717, 1.165) is 31.0 Å². The maximum atomic E-state index is 10.1. The molecule has 0 aliphatic carbocycles. The van der Waals surface area contributed by atoms with E-state index >= 15 is 0 Å². The number of methoxy groups -OCH3 is 2. The lowest BCUT2D eigenvalue weighted by atomic mass is 9.82. The molecule has 3 rings (SSSR count). The highest BCUT2D eigenvalue weighted by atomic mass is 16.5. The maximum Gasteiger partial charge on any atom is 0.200 e. The predicted octanol–water partition coefficient (Wildman–Crippen LogP) is 3.61. The van der Waals surface area contributed by atoms with Gasteiger partial charge < -0.3 is 24.8 Å². The molecule has 1 aliphatic rings. The number of hydrogen-bond acceptors (Lipinski definition) is 4. The van der Waals surface area contributed by atoms with Gasteiger partial charge in [-0.3, -0.25) is 4.99 Å². The van der Waals surface area contributed by atoms with Crippen molar-refractivity contribution >= 4 is 5.96 Å². The number of phenolic OH excluding ortho intramolecular Hbond substituents is 1. The van der Waals surface area contributed by atoms with Crippen molar-refractivity contribution in [2.75, 3.05) is 34.4 Å². The number of rotatable bonds is 5. The fraction of sp³-hybridized carbons (Fsp3) is 0.435. The fourth-order valence-electron chi connectivity index (χ4n) is 4.10. The summed E-state index contributed by atoms with van der Waals surface area (Å²) >= 11 is 0. The number of hydrogen-bond donors (Lipinski definition) is 2. The van der Waals surface area contributed by atoms with Crippen LogP contribution in [-0.4, -0.2) is 50.3 Å². The van der Waals surface area contributed by atoms with Gasteiger partial charge in [0.1, 0.15) is 0 Å². The van der Waals surface area contributed by atoms with Crippen molar-refractivity contribution in [1.82, 2.24) is 10.2 Å². The van der Waals surface area contributed by atoms with Gasteiger partial charge in [0.2, 0.25) is 5.75 Å². The van der Waals surface area contributed by atoms with Crippen molar-refractivity contribution in [3.8, 4) is 17.2 Å². The number of nitrogens with one attached hydrogen (secondary N) is 1. The third kappa shape index (κ3) is 4.75. The predicted molar refractivity (Wildman–Crippen MR) is 116 cm³/mol. The zero-order chi connectivity index (χ0) is 20.8. The van der Waals surface area contributed by atoms with Crippen LogP contribution in [0.3, 0.4) is 0 Å². The third-order valence-electron chi connectivity index (χ3n) is 5.63. The Hall–Kier alpha value is -2.89. The first kappa shape index (κ1) is 20.8. The van der Waals surface area contributed by atoms with Crippen LogP contribution in [-0.2, 0) is 6.54 Å². The third-order valence-corrected chi connectivity index (χ3v) is 5.63. The smallest absolute Gasteiger partial charge is 0.200 e. The summed E-state index contributed by atoms with van der Waals surface area (Å²) in [6.07, 6.45) is 1.10. The van der Waals surface area contributed by atoms with Gasteiger partial charge in [-0.15, -0.1) is 0 Å². The van der Waals surface area contributed by atoms with Crippen molar-refractivity contribution < 1.29 is 14.6 Å². The van der Waals surface area contributed by atoms with Gasteiger partial charge in [-0.1, -0.05) is 37.3 Å². The molecule has 1 saturated heterocycles. The van der Waals surface area contributed by atoms with E-state index in [1.807, 2.05) is 19.2 Å². The Labute approximate surface area is 173 Å². The number of guanidine groups is 1. The molecule has 0 aromatic heterocycles. The second-order valence-electron chi connectivity index (χ2n) is 7.48. The second-order valence-corrected chi connectivity index (χ2v) is 7.48. The fourth-order valence-corrected chi connectivity index (χ4v) is 4.10. The summed E-state index contributed by atoms with van der Waals surface area (Å²) in [6, 6.07) is 14.4. The van der Waals surface area contributed by atoms with Gasteiger partial charge in [0, 0.05) is 26.7 Å². The number of piperidine rings is 1. The molecule has 1 heterocycles. The average molecular weight is 398 g/mol. The Morgan fingerprint density at radius 2 is 1.83 bits per heavy atom. The summed E-state index contributed by atoms with van der Waals surface area (Å²) in [7, 11) is 4.88. The van der Waals surface area contributed by atoms with Crippen LogP contribution in [0.2, 0.25) is 0 Å². The number of phenols is 1. The standard InChI is InChI=1S/C23H31N3O3/c1-16-15-26(11-10-19(16)18-8-6-5-7-9-18)23(24-2)25-14-17-12-20(28-3)22(27)21(13-17)29-4/h5-9,12-13,16,19,27H,10-11,14-15H2,1-4H3,(H,24,25). The summed E-state index contributed by atoms with van der Waals surface area (Å²) in [6.45, 7) is 4.80. The molecular weight excluding hydrogens is 366 g/mol. The van der Waals surface area contributed by atoms with E-state index in [2.05, 4.69) is 52.5 Å². The van der Waals surface area contributed by atoms with Crippen molar-refractivity contribution in [2.45, 2.75) is 25.8 Å². The minimum atomic E-state index is 0.0138. The van der Waals surface area contributed by atoms with Crippen LogP contribution in [0.4, 0.5) is 0 Å². The molecule has 2 atom stereocenters. The number of aliphatic imine (C=N–C) groups is 1. The van der Waals surface area contributed by atoms with Crippen molar-refractivity contribution in [2.24, 2.45) is 10.9 Å². The molecule has 156 valence electrons. The van der Waals surface area contributed by atoms with Crippen molar-refractivity contribution in [1.29, 1.82) is 0 Å². The number of aromatic hydroxyl groups is 1. The first-order valence-electron chi connectivity index (χ1n) is 10.0. The molecule has 2 aromatic rings. The summed E-state index contributed by atoms with van der Waals surface area (Å²) < 4.78 is 10.5. The molecule has 6 nitrogen and oxygen atoms in total. The highest BCUT2D eigenvalue weighted by Crippen LogP contribution is 2.37. The average Bonchev–Trinajstić information content (AvgIpc) is 2.75. The molecular formula is C23H31N3O3. The van der Waals surface area contributed by atoms with E-state index < -0.39 is 0 Å². The van der Waals surface area contributed by atoms with Crippen LogP contribution < -0.4 is 14.8 Å². The minimum Gasteiger partial charge on any atom is -0.502 e. The SMILES string of the molecule is CN=C(NCc1cc(OC)c(O)c(OC)c1)N1CCC(c2ccccc2)C(C)C1. The molecule has 2 unspecified atom stereocenters. The quantitative estimate of drug-likeness (QED) is 0.596. The Morgan fingerprint density at radius 3 is 2.38 bits per heavy atom. The molecule has 0 spiro atoms. The molecule has 0 amide bonds. The zero-order valence-electron chi connectivity index (χ0n) is 17.7. The molecule has 2 N–H and O–H groups in total. The van der Waals surface area contributed by atoms with Gasteiger partial charge in [-0.2, -0.15) is 0 Å². The summed E-state index contributed by atoms with van der Waals surface area (Å²) in [5, 5.41) is 13.5. The lowest BCUT2D eigenvalue weighted by Crippen LogP contribution is -2.47. The lowest BCUT2D eigenvalue weighted by molar-refractivity contribution is 0.234. The molecule has 1 fully saturated rings. The molecule has 0 radical (unpaired) electrons. The normalized spacial score (nSPS) is 19.7. The van der Waals surface area contributed by atoms with Crippen molar-refractivity contribution in [3.63, 3.8) is 0 Å². The highest BCUT2D eigenvalue weighted by molar-refractivity contribution is 5.80. The maximum absolute atomic E-state index is 10.1. The molecule has 2 aromatic carbocycles. The molecule has 0 bridgehead atoms. The molecule has 1 aliphatic heterocycles. The first-order chi connectivity index (χ1) is 14.1. The van der Waals surface area contributed by atoms with Crippen LogP contribution >= 0.6 is 0 Å².